The van der Waals surface area contributed by atoms with Crippen LogP contribution in [0.3, 0.4) is 0 Å². The van der Waals surface area contributed by atoms with Crippen molar-refractivity contribution < 1.29 is 13.7 Å². The van der Waals surface area contributed by atoms with Crippen LogP contribution in [0.2, 0.25) is 0 Å². The fraction of sp³-hybridized carbons (Fsp3) is 0.217. The number of nitrogens with two attached hydrogens (primary N) is 2. The minimum absolute atomic E-state index is 0.219. The molecule has 0 aliphatic rings. The van der Waals surface area contributed by atoms with E-state index in [1.165, 1.54) is 6.07 Å². The zero-order valence-corrected chi connectivity index (χ0v) is 17.8. The summed E-state index contributed by atoms with van der Waals surface area (Å²) in [6, 6.07) is 13.5. The number of likely N-dealkylation sites (N-methyl/N-ethyl adjacent to an activating group) is 1. The van der Waals surface area contributed by atoms with Gasteiger partial charge in [-0.25, -0.2) is 14.6 Å². The minimum atomic E-state index is -0.618. The molecule has 0 saturated carbocycles. The summed E-state index contributed by atoms with van der Waals surface area (Å²) < 4.78 is 11.0. The van der Waals surface area contributed by atoms with Crippen LogP contribution < -0.4 is 27.8 Å². The number of hydrazine groups is 1. The lowest BCUT2D eigenvalue weighted by molar-refractivity contribution is 0.234. The fourth-order valence-corrected chi connectivity index (χ4v) is 3.61. The zero-order valence-electron chi connectivity index (χ0n) is 17.8. The van der Waals surface area contributed by atoms with Crippen LogP contribution in [0.1, 0.15) is 5.56 Å². The van der Waals surface area contributed by atoms with E-state index in [1.807, 2.05) is 31.1 Å². The molecule has 0 amide bonds. The lowest BCUT2D eigenvalue weighted by Gasteiger charge is -2.20. The van der Waals surface area contributed by atoms with E-state index in [0.717, 1.165) is 11.9 Å². The molecular formula is C23H24N4O5. The first-order chi connectivity index (χ1) is 15.4. The van der Waals surface area contributed by atoms with E-state index < -0.39 is 11.3 Å². The van der Waals surface area contributed by atoms with Crippen LogP contribution in [0.5, 0.6) is 5.75 Å². The van der Waals surface area contributed by atoms with Crippen LogP contribution in [0.4, 0.5) is 0 Å². The van der Waals surface area contributed by atoms with Crippen molar-refractivity contribution in [1.29, 1.82) is 0 Å². The number of benzene rings is 2. The van der Waals surface area contributed by atoms with E-state index >= 15 is 0 Å². The minimum Gasteiger partial charge on any atom is -0.422 e. The normalized spacial score (nSPS) is 11.7. The molecule has 0 spiro atoms. The van der Waals surface area contributed by atoms with Gasteiger partial charge in [0.2, 0.25) is 0 Å². The number of nitrogens with zero attached hydrogens (tertiary/aromatic N) is 2. The fourth-order valence-electron chi connectivity index (χ4n) is 3.61. The highest BCUT2D eigenvalue weighted by Crippen LogP contribution is 2.33. The SMILES string of the molecule is CN(C)CCN(N)Cc1c(ON)ccc2c(-c3cc4ccccc4oc3=O)cc(=O)oc12. The Hall–Kier alpha value is -3.50. The Kier molecular flexibility index (Phi) is 6.06. The van der Waals surface area contributed by atoms with Crippen molar-refractivity contribution in [3.8, 4) is 16.9 Å². The first kappa shape index (κ1) is 21.7. The quantitative estimate of drug-likeness (QED) is 0.254. The van der Waals surface area contributed by atoms with Gasteiger partial charge in [0.1, 0.15) is 11.2 Å². The number of hydrogen-bond acceptors (Lipinski definition) is 9. The van der Waals surface area contributed by atoms with Gasteiger partial charge in [-0.1, -0.05) is 18.2 Å². The number of hydrogen-bond donors (Lipinski definition) is 2. The summed E-state index contributed by atoms with van der Waals surface area (Å²) in [6.07, 6.45) is 0. The second-order valence-electron chi connectivity index (χ2n) is 7.78. The number of rotatable bonds is 7. The van der Waals surface area contributed by atoms with Crippen LogP contribution in [0.15, 0.2) is 67.0 Å². The van der Waals surface area contributed by atoms with E-state index in [1.54, 1.807) is 35.3 Å². The third-order valence-electron chi connectivity index (χ3n) is 5.23. The molecule has 2 heterocycles. The third kappa shape index (κ3) is 4.27. The maximum Gasteiger partial charge on any atom is 0.344 e. The summed E-state index contributed by atoms with van der Waals surface area (Å²) in [5.74, 6) is 12.0. The number of fused-ring (bicyclic) bond motifs is 2. The van der Waals surface area contributed by atoms with Crippen LogP contribution >= 0.6 is 0 Å². The molecule has 0 bridgehead atoms. The van der Waals surface area contributed by atoms with Gasteiger partial charge in [0.15, 0.2) is 5.75 Å². The van der Waals surface area contributed by atoms with Gasteiger partial charge < -0.3 is 18.6 Å². The van der Waals surface area contributed by atoms with Crippen LogP contribution in [0.25, 0.3) is 33.1 Å². The van der Waals surface area contributed by atoms with Gasteiger partial charge in [-0.05, 0) is 38.4 Å². The molecule has 0 unspecified atom stereocenters. The monoisotopic (exact) mass is 436 g/mol. The lowest BCUT2D eigenvalue weighted by atomic mass is 10.00. The Morgan fingerprint density at radius 2 is 1.75 bits per heavy atom. The molecular weight excluding hydrogens is 412 g/mol. The summed E-state index contributed by atoms with van der Waals surface area (Å²) >= 11 is 0. The molecule has 4 aromatic rings. The van der Waals surface area contributed by atoms with Crippen LogP contribution in [0, 0.1) is 0 Å². The first-order valence-corrected chi connectivity index (χ1v) is 10.0. The van der Waals surface area contributed by atoms with E-state index in [2.05, 4.69) is 0 Å². The van der Waals surface area contributed by atoms with Crippen molar-refractivity contribution >= 4 is 21.9 Å². The first-order valence-electron chi connectivity index (χ1n) is 10.0. The summed E-state index contributed by atoms with van der Waals surface area (Å²) in [4.78, 5) is 32.2. The van der Waals surface area contributed by atoms with Crippen molar-refractivity contribution in [2.45, 2.75) is 6.54 Å². The summed E-state index contributed by atoms with van der Waals surface area (Å²) in [7, 11) is 3.89. The maximum absolute atomic E-state index is 12.7. The van der Waals surface area contributed by atoms with E-state index in [-0.39, 0.29) is 17.7 Å². The highest BCUT2D eigenvalue weighted by atomic mass is 16.6. The molecule has 0 radical (unpaired) electrons. The smallest absolute Gasteiger partial charge is 0.344 e. The Balaban J connectivity index is 1.90. The predicted octanol–water partition coefficient (Wildman–Crippen LogP) is 2.06. The zero-order chi connectivity index (χ0) is 22.8. The van der Waals surface area contributed by atoms with Crippen LogP contribution in [-0.4, -0.2) is 37.1 Å². The maximum atomic E-state index is 12.7. The summed E-state index contributed by atoms with van der Waals surface area (Å²) in [6.45, 7) is 1.51. The van der Waals surface area contributed by atoms with Gasteiger partial charge in [-0.2, -0.15) is 5.90 Å². The van der Waals surface area contributed by atoms with Gasteiger partial charge in [-0.3, -0.25) is 5.84 Å². The molecule has 4 N–H and O–H groups in total. The summed E-state index contributed by atoms with van der Waals surface area (Å²) in [5, 5.41) is 2.86. The third-order valence-corrected chi connectivity index (χ3v) is 5.23. The summed E-state index contributed by atoms with van der Waals surface area (Å²) in [5.41, 5.74) is 0.713. The molecule has 0 saturated heterocycles. The van der Waals surface area contributed by atoms with Crippen LogP contribution in [-0.2, 0) is 6.54 Å². The Bertz CT molecular complexity index is 1390. The molecule has 0 fully saturated rings. The Morgan fingerprint density at radius 3 is 2.50 bits per heavy atom. The second kappa shape index (κ2) is 8.93. The molecule has 9 heteroatoms. The van der Waals surface area contributed by atoms with Gasteiger partial charge in [0.25, 0.3) is 0 Å². The van der Waals surface area contributed by atoms with Crippen molar-refractivity contribution in [2.24, 2.45) is 11.7 Å². The predicted molar refractivity (Wildman–Crippen MR) is 122 cm³/mol. The molecule has 4 rings (SSSR count). The second-order valence-corrected chi connectivity index (χ2v) is 7.78. The van der Waals surface area contributed by atoms with Gasteiger partial charge in [-0.15, -0.1) is 0 Å². The Labute approximate surface area is 183 Å². The van der Waals surface area contributed by atoms with Crippen molar-refractivity contribution in [3.63, 3.8) is 0 Å². The molecule has 2 aromatic carbocycles. The average Bonchev–Trinajstić information content (AvgIpc) is 2.77. The van der Waals surface area contributed by atoms with Gasteiger partial charge in [0.05, 0.1) is 11.1 Å². The molecule has 0 aliphatic carbocycles. The highest BCUT2D eigenvalue weighted by molar-refractivity contribution is 5.97. The highest BCUT2D eigenvalue weighted by Gasteiger charge is 2.19. The molecule has 0 aliphatic heterocycles. The molecule has 2 aromatic heterocycles. The largest absolute Gasteiger partial charge is 0.422 e. The van der Waals surface area contributed by atoms with E-state index in [4.69, 9.17) is 25.4 Å². The molecule has 0 atom stereocenters. The lowest BCUT2D eigenvalue weighted by Crippen LogP contribution is -2.36. The molecule has 32 heavy (non-hydrogen) atoms. The van der Waals surface area contributed by atoms with E-state index in [0.29, 0.717) is 34.4 Å². The molecule has 166 valence electrons. The van der Waals surface area contributed by atoms with Gasteiger partial charge >= 0.3 is 11.3 Å². The Morgan fingerprint density at radius 1 is 0.969 bits per heavy atom. The van der Waals surface area contributed by atoms with Gasteiger partial charge in [0, 0.05) is 42.0 Å². The standard InChI is InChI=1S/C23H24N4O5/c1-26(2)9-10-27(24)13-18-20(32-25)8-7-15-16(12-21(28)31-22(15)18)17-11-14-5-3-4-6-19(14)30-23(17)29/h3-8,11-12H,9-10,13,24-25H2,1-2H3. The van der Waals surface area contributed by atoms with E-state index in [9.17, 15) is 9.59 Å². The topological polar surface area (TPSA) is 128 Å². The average molecular weight is 436 g/mol. The number of para-hydroxylation sites is 1. The molecule has 9 nitrogen and oxygen atoms in total. The van der Waals surface area contributed by atoms with Crippen molar-refractivity contribution in [1.82, 2.24) is 9.91 Å². The van der Waals surface area contributed by atoms with Crippen molar-refractivity contribution in [2.75, 3.05) is 27.2 Å². The van der Waals surface area contributed by atoms with Crippen molar-refractivity contribution in [3.05, 3.63) is 74.9 Å².